The lowest BCUT2D eigenvalue weighted by Crippen LogP contribution is -2.38. The number of rotatable bonds is 8. The number of carbonyl (C=O) groups excluding carboxylic acids is 1. The van der Waals surface area contributed by atoms with Gasteiger partial charge in [-0.2, -0.15) is 0 Å². The zero-order valence-electron chi connectivity index (χ0n) is 13.7. The van der Waals surface area contributed by atoms with Crippen molar-refractivity contribution in [3.63, 3.8) is 0 Å². The Bertz CT molecular complexity index is 635. The lowest BCUT2D eigenvalue weighted by atomic mass is 10.2. The van der Waals surface area contributed by atoms with E-state index in [9.17, 15) is 13.2 Å². The third kappa shape index (κ3) is 4.53. The normalized spacial score (nSPS) is 16.1. The van der Waals surface area contributed by atoms with E-state index in [1.807, 2.05) is 13.8 Å². The highest BCUT2D eigenvalue weighted by Crippen LogP contribution is 2.31. The molecule has 1 aliphatic carbocycles. The molecular weight excluding hydrogens is 314 g/mol. The zero-order valence-corrected chi connectivity index (χ0v) is 14.5. The molecule has 0 spiro atoms. The number of amides is 1. The summed E-state index contributed by atoms with van der Waals surface area (Å²) >= 11 is 0. The number of hydrogen-bond donors (Lipinski definition) is 2. The van der Waals surface area contributed by atoms with E-state index < -0.39 is 10.0 Å². The second-order valence-corrected chi connectivity index (χ2v) is 7.62. The maximum atomic E-state index is 12.2. The lowest BCUT2D eigenvalue weighted by molar-refractivity contribution is 0.0773. The first-order valence-electron chi connectivity index (χ1n) is 8.03. The second kappa shape index (κ2) is 7.42. The molecule has 1 atom stereocenters. The van der Waals surface area contributed by atoms with Crippen LogP contribution in [-0.4, -0.2) is 44.9 Å². The maximum absolute atomic E-state index is 12.2. The van der Waals surface area contributed by atoms with E-state index in [0.717, 1.165) is 12.8 Å². The van der Waals surface area contributed by atoms with E-state index in [0.29, 0.717) is 24.6 Å². The second-order valence-electron chi connectivity index (χ2n) is 5.86. The predicted molar refractivity (Wildman–Crippen MR) is 89.6 cm³/mol. The van der Waals surface area contributed by atoms with Crippen molar-refractivity contribution < 1.29 is 13.2 Å². The van der Waals surface area contributed by atoms with Crippen LogP contribution in [0.15, 0.2) is 29.2 Å². The summed E-state index contributed by atoms with van der Waals surface area (Å²) in [5.41, 5.74) is 6.40. The van der Waals surface area contributed by atoms with E-state index in [-0.39, 0.29) is 23.4 Å². The summed E-state index contributed by atoms with van der Waals surface area (Å²) < 4.78 is 27.0. The summed E-state index contributed by atoms with van der Waals surface area (Å²) in [5.74, 6) is 0.342. The monoisotopic (exact) mass is 339 g/mol. The van der Waals surface area contributed by atoms with Crippen LogP contribution in [0, 0.1) is 5.92 Å². The minimum atomic E-state index is -3.59. The van der Waals surface area contributed by atoms with Crippen molar-refractivity contribution in [2.24, 2.45) is 11.7 Å². The predicted octanol–water partition coefficient (Wildman–Crippen LogP) is 1.18. The van der Waals surface area contributed by atoms with Crippen LogP contribution in [0.1, 0.15) is 37.0 Å². The summed E-state index contributed by atoms with van der Waals surface area (Å²) in [6.45, 7) is 5.31. The van der Waals surface area contributed by atoms with Gasteiger partial charge >= 0.3 is 0 Å². The first-order chi connectivity index (χ1) is 10.9. The Kier molecular flexibility index (Phi) is 5.78. The van der Waals surface area contributed by atoms with Crippen molar-refractivity contribution >= 4 is 15.9 Å². The van der Waals surface area contributed by atoms with Crippen molar-refractivity contribution in [1.82, 2.24) is 9.62 Å². The van der Waals surface area contributed by atoms with Gasteiger partial charge in [0, 0.05) is 31.2 Å². The minimum absolute atomic E-state index is 0.0948. The van der Waals surface area contributed by atoms with Crippen LogP contribution in [0.4, 0.5) is 0 Å². The average molecular weight is 339 g/mol. The molecule has 0 saturated heterocycles. The number of carbonyl (C=O) groups is 1. The maximum Gasteiger partial charge on any atom is 0.253 e. The zero-order chi connectivity index (χ0) is 17.0. The van der Waals surface area contributed by atoms with Crippen LogP contribution in [0.3, 0.4) is 0 Å². The largest absolute Gasteiger partial charge is 0.339 e. The molecule has 6 nitrogen and oxygen atoms in total. The highest BCUT2D eigenvalue weighted by atomic mass is 32.2. The van der Waals surface area contributed by atoms with Crippen molar-refractivity contribution in [2.75, 3.05) is 19.6 Å². The highest BCUT2D eigenvalue weighted by molar-refractivity contribution is 7.89. The Morgan fingerprint density at radius 1 is 1.26 bits per heavy atom. The van der Waals surface area contributed by atoms with Gasteiger partial charge in [-0.1, -0.05) is 0 Å². The fourth-order valence-corrected chi connectivity index (χ4v) is 3.52. The summed E-state index contributed by atoms with van der Waals surface area (Å²) in [5, 5.41) is 0. The Labute approximate surface area is 138 Å². The standard InChI is InChI=1S/C16H25N3O3S/c1-3-19(4-2)16(20)13-7-9-14(10-8-13)23(21,22)18-11-15(17)12-5-6-12/h7-10,12,15,18H,3-6,11,17H2,1-2H3. The number of sulfonamides is 1. The molecule has 1 amide bonds. The smallest absolute Gasteiger partial charge is 0.253 e. The van der Waals surface area contributed by atoms with E-state index in [2.05, 4.69) is 4.72 Å². The van der Waals surface area contributed by atoms with Crippen LogP contribution in [0.5, 0.6) is 0 Å². The molecule has 23 heavy (non-hydrogen) atoms. The summed E-state index contributed by atoms with van der Waals surface area (Å²) in [6.07, 6.45) is 2.15. The molecule has 1 aromatic carbocycles. The molecule has 0 aliphatic heterocycles. The molecule has 1 fully saturated rings. The SMILES string of the molecule is CCN(CC)C(=O)c1ccc(S(=O)(=O)NCC(N)C2CC2)cc1. The third-order valence-electron chi connectivity index (χ3n) is 4.20. The molecule has 0 bridgehead atoms. The van der Waals surface area contributed by atoms with E-state index in [1.54, 1.807) is 17.0 Å². The van der Waals surface area contributed by atoms with Gasteiger partial charge in [0.2, 0.25) is 10.0 Å². The minimum Gasteiger partial charge on any atom is -0.339 e. The Hall–Kier alpha value is -1.44. The van der Waals surface area contributed by atoms with Crippen LogP contribution in [0.2, 0.25) is 0 Å². The van der Waals surface area contributed by atoms with Gasteiger partial charge in [0.25, 0.3) is 5.91 Å². The average Bonchev–Trinajstić information content (AvgIpc) is 3.39. The van der Waals surface area contributed by atoms with Crippen molar-refractivity contribution in [3.8, 4) is 0 Å². The van der Waals surface area contributed by atoms with Gasteiger partial charge in [-0.05, 0) is 56.9 Å². The van der Waals surface area contributed by atoms with E-state index >= 15 is 0 Å². The molecule has 1 aromatic rings. The number of nitrogens with zero attached hydrogens (tertiary/aromatic N) is 1. The quantitative estimate of drug-likeness (QED) is 0.744. The lowest BCUT2D eigenvalue weighted by Gasteiger charge is -2.18. The highest BCUT2D eigenvalue weighted by Gasteiger charge is 2.29. The van der Waals surface area contributed by atoms with Gasteiger partial charge in [-0.25, -0.2) is 13.1 Å². The molecule has 128 valence electrons. The number of hydrogen-bond acceptors (Lipinski definition) is 4. The van der Waals surface area contributed by atoms with Crippen LogP contribution in [0.25, 0.3) is 0 Å². The van der Waals surface area contributed by atoms with Gasteiger partial charge in [-0.15, -0.1) is 0 Å². The van der Waals surface area contributed by atoms with Gasteiger partial charge < -0.3 is 10.6 Å². The van der Waals surface area contributed by atoms with Crippen LogP contribution in [-0.2, 0) is 10.0 Å². The first-order valence-corrected chi connectivity index (χ1v) is 9.52. The molecule has 0 aromatic heterocycles. The molecule has 1 unspecified atom stereocenters. The molecule has 0 heterocycles. The molecule has 0 radical (unpaired) electrons. The van der Waals surface area contributed by atoms with Crippen molar-refractivity contribution in [1.29, 1.82) is 0 Å². The Morgan fingerprint density at radius 3 is 2.30 bits per heavy atom. The van der Waals surface area contributed by atoms with E-state index in [1.165, 1.54) is 12.1 Å². The topological polar surface area (TPSA) is 92.5 Å². The van der Waals surface area contributed by atoms with E-state index in [4.69, 9.17) is 5.73 Å². The molecule has 1 saturated carbocycles. The fourth-order valence-electron chi connectivity index (χ4n) is 2.45. The van der Waals surface area contributed by atoms with Crippen molar-refractivity contribution in [2.45, 2.75) is 37.6 Å². The third-order valence-corrected chi connectivity index (χ3v) is 5.64. The molecule has 7 heteroatoms. The number of benzene rings is 1. The molecule has 3 N–H and O–H groups in total. The van der Waals surface area contributed by atoms with Gasteiger partial charge in [0.15, 0.2) is 0 Å². The molecule has 2 rings (SSSR count). The number of nitrogens with one attached hydrogen (secondary N) is 1. The van der Waals surface area contributed by atoms with Gasteiger partial charge in [0.1, 0.15) is 0 Å². The molecule has 1 aliphatic rings. The van der Waals surface area contributed by atoms with Gasteiger partial charge in [0.05, 0.1) is 4.90 Å². The summed E-state index contributed by atoms with van der Waals surface area (Å²) in [4.78, 5) is 14.0. The Balaban J connectivity index is 2.03. The molecular formula is C16H25N3O3S. The first kappa shape index (κ1) is 17.9. The Morgan fingerprint density at radius 2 is 1.83 bits per heavy atom. The van der Waals surface area contributed by atoms with Crippen LogP contribution < -0.4 is 10.5 Å². The van der Waals surface area contributed by atoms with Crippen LogP contribution >= 0.6 is 0 Å². The summed E-state index contributed by atoms with van der Waals surface area (Å²) in [6, 6.07) is 5.89. The summed E-state index contributed by atoms with van der Waals surface area (Å²) in [7, 11) is -3.59. The van der Waals surface area contributed by atoms with Gasteiger partial charge in [-0.3, -0.25) is 4.79 Å². The van der Waals surface area contributed by atoms with Crippen molar-refractivity contribution in [3.05, 3.63) is 29.8 Å². The fraction of sp³-hybridized carbons (Fsp3) is 0.562. The number of nitrogens with two attached hydrogens (primary N) is 1.